The topological polar surface area (TPSA) is 84.6 Å². The average molecular weight is 368 g/mol. The van der Waals surface area contributed by atoms with Gasteiger partial charge in [-0.05, 0) is 13.0 Å². The zero-order valence-electron chi connectivity index (χ0n) is 13.5. The highest BCUT2D eigenvalue weighted by Gasteiger charge is 2.26. The van der Waals surface area contributed by atoms with E-state index in [1.807, 2.05) is 6.92 Å². The molecule has 0 bridgehead atoms. The Labute approximate surface area is 149 Å². The second-order valence-electron chi connectivity index (χ2n) is 5.48. The molecule has 1 aliphatic rings. The number of ether oxygens (including phenoxy) is 1. The number of nitrogens with zero attached hydrogens (tertiary/aromatic N) is 4. The number of hydrogen-bond donors (Lipinski definition) is 1. The first kappa shape index (κ1) is 16.8. The molecule has 0 aliphatic carbocycles. The number of carbonyl (C=O) groups excluding carboxylic acids is 1. The second kappa shape index (κ2) is 6.82. The van der Waals surface area contributed by atoms with Crippen LogP contribution in [0.4, 0.5) is 10.8 Å². The van der Waals surface area contributed by atoms with E-state index in [0.29, 0.717) is 48.2 Å². The molecule has 0 atom stereocenters. The normalized spacial score (nSPS) is 14.8. The number of aromatic nitrogens is 2. The van der Waals surface area contributed by atoms with E-state index in [0.717, 1.165) is 11.0 Å². The van der Waals surface area contributed by atoms with Gasteiger partial charge in [0.15, 0.2) is 0 Å². The Morgan fingerprint density at radius 3 is 2.62 bits per heavy atom. The van der Waals surface area contributed by atoms with Gasteiger partial charge in [0.25, 0.3) is 5.91 Å². The molecule has 7 nitrogen and oxygen atoms in total. The van der Waals surface area contributed by atoms with Crippen LogP contribution in [0.5, 0.6) is 5.75 Å². The van der Waals surface area contributed by atoms with Gasteiger partial charge in [-0.3, -0.25) is 4.79 Å². The van der Waals surface area contributed by atoms with Gasteiger partial charge in [0.05, 0.1) is 23.4 Å². The molecule has 1 saturated heterocycles. The van der Waals surface area contributed by atoms with Crippen LogP contribution in [0.25, 0.3) is 0 Å². The number of benzene rings is 1. The molecule has 128 valence electrons. The maximum Gasteiger partial charge on any atom is 0.257 e. The van der Waals surface area contributed by atoms with Crippen molar-refractivity contribution >= 4 is 39.9 Å². The van der Waals surface area contributed by atoms with Crippen molar-refractivity contribution in [1.29, 1.82) is 0 Å². The van der Waals surface area contributed by atoms with Crippen molar-refractivity contribution in [1.82, 2.24) is 14.3 Å². The van der Waals surface area contributed by atoms with E-state index in [1.54, 1.807) is 17.0 Å². The number of piperazine rings is 1. The molecule has 0 unspecified atom stereocenters. The highest BCUT2D eigenvalue weighted by molar-refractivity contribution is 7.09. The van der Waals surface area contributed by atoms with E-state index >= 15 is 0 Å². The zero-order valence-corrected chi connectivity index (χ0v) is 15.0. The minimum absolute atomic E-state index is 0.109. The third kappa shape index (κ3) is 3.25. The lowest BCUT2D eigenvalue weighted by molar-refractivity contribution is 0.0743. The summed E-state index contributed by atoms with van der Waals surface area (Å²) >= 11 is 7.44. The average Bonchev–Trinajstić information content (AvgIpc) is 3.03. The van der Waals surface area contributed by atoms with E-state index in [2.05, 4.69) is 14.3 Å². The molecule has 1 aromatic carbocycles. The summed E-state index contributed by atoms with van der Waals surface area (Å²) in [5, 5.41) is 1.25. The lowest BCUT2D eigenvalue weighted by atomic mass is 10.1. The minimum Gasteiger partial charge on any atom is -0.496 e. The predicted octanol–water partition coefficient (Wildman–Crippen LogP) is 2.05. The molecule has 0 saturated carbocycles. The van der Waals surface area contributed by atoms with Crippen molar-refractivity contribution in [2.24, 2.45) is 0 Å². The molecule has 2 N–H and O–H groups in total. The van der Waals surface area contributed by atoms with Crippen molar-refractivity contribution in [3.63, 3.8) is 0 Å². The van der Waals surface area contributed by atoms with Crippen molar-refractivity contribution in [2.75, 3.05) is 43.9 Å². The van der Waals surface area contributed by atoms with Crippen LogP contribution in [0.15, 0.2) is 12.1 Å². The molecule has 1 amide bonds. The fraction of sp³-hybridized carbons (Fsp3) is 0.400. The molecule has 1 aromatic heterocycles. The highest BCUT2D eigenvalue weighted by atomic mass is 35.5. The quantitative estimate of drug-likeness (QED) is 0.836. The van der Waals surface area contributed by atoms with Gasteiger partial charge in [-0.15, -0.1) is 0 Å². The van der Waals surface area contributed by atoms with Crippen molar-refractivity contribution < 1.29 is 9.53 Å². The number of nitrogen functional groups attached to an aromatic ring is 1. The molecular formula is C15H18ClN5O2S. The third-order valence-corrected chi connectivity index (χ3v) is 5.10. The molecule has 1 aliphatic heterocycles. The maximum atomic E-state index is 12.8. The standard InChI is InChI=1S/C15H18ClN5O2S/c1-9-18-15(24-19-9)21-5-3-20(4-6-21)14(22)10-7-11(16)12(17)8-13(10)23-2/h7-8H,3-6,17H2,1-2H3. The number of carbonyl (C=O) groups is 1. The van der Waals surface area contributed by atoms with Crippen LogP contribution in [0, 0.1) is 6.92 Å². The van der Waals surface area contributed by atoms with Gasteiger partial charge >= 0.3 is 0 Å². The van der Waals surface area contributed by atoms with E-state index in [-0.39, 0.29) is 5.91 Å². The summed E-state index contributed by atoms with van der Waals surface area (Å²) in [5.74, 6) is 1.10. The van der Waals surface area contributed by atoms with Gasteiger partial charge in [0, 0.05) is 43.8 Å². The number of amides is 1. The Balaban J connectivity index is 1.72. The maximum absolute atomic E-state index is 12.8. The summed E-state index contributed by atoms with van der Waals surface area (Å²) < 4.78 is 9.47. The Kier molecular flexibility index (Phi) is 4.77. The van der Waals surface area contributed by atoms with Crippen LogP contribution >= 0.6 is 23.1 Å². The Hall–Kier alpha value is -2.06. The van der Waals surface area contributed by atoms with E-state index in [9.17, 15) is 4.79 Å². The lowest BCUT2D eigenvalue weighted by Gasteiger charge is -2.34. The minimum atomic E-state index is -0.109. The van der Waals surface area contributed by atoms with Gasteiger partial charge in [0.2, 0.25) is 5.13 Å². The molecule has 1 fully saturated rings. The van der Waals surface area contributed by atoms with Gasteiger partial charge in [0.1, 0.15) is 11.6 Å². The van der Waals surface area contributed by atoms with E-state index < -0.39 is 0 Å². The van der Waals surface area contributed by atoms with Crippen LogP contribution in [0.3, 0.4) is 0 Å². The zero-order chi connectivity index (χ0) is 17.3. The summed E-state index contributed by atoms with van der Waals surface area (Å²) in [5.41, 5.74) is 6.59. The fourth-order valence-corrected chi connectivity index (χ4v) is 3.48. The first-order valence-corrected chi connectivity index (χ1v) is 8.62. The molecular weight excluding hydrogens is 350 g/mol. The summed E-state index contributed by atoms with van der Waals surface area (Å²) in [7, 11) is 1.51. The molecule has 3 rings (SSSR count). The summed E-state index contributed by atoms with van der Waals surface area (Å²) in [6.07, 6.45) is 0. The second-order valence-corrected chi connectivity index (χ2v) is 6.61. The Bertz CT molecular complexity index is 758. The number of hydrogen-bond acceptors (Lipinski definition) is 7. The largest absolute Gasteiger partial charge is 0.496 e. The molecule has 9 heteroatoms. The first-order valence-electron chi connectivity index (χ1n) is 7.47. The van der Waals surface area contributed by atoms with Gasteiger partial charge < -0.3 is 20.3 Å². The predicted molar refractivity (Wildman–Crippen MR) is 95.2 cm³/mol. The van der Waals surface area contributed by atoms with E-state index in [4.69, 9.17) is 22.1 Å². The summed E-state index contributed by atoms with van der Waals surface area (Å²) in [6, 6.07) is 3.15. The van der Waals surface area contributed by atoms with E-state index in [1.165, 1.54) is 18.6 Å². The Morgan fingerprint density at radius 1 is 1.33 bits per heavy atom. The van der Waals surface area contributed by atoms with Crippen LogP contribution < -0.4 is 15.4 Å². The molecule has 0 spiro atoms. The fourth-order valence-electron chi connectivity index (χ4n) is 2.59. The van der Waals surface area contributed by atoms with Crippen LogP contribution in [0.2, 0.25) is 5.02 Å². The molecule has 2 heterocycles. The molecule has 24 heavy (non-hydrogen) atoms. The number of aryl methyl sites for hydroxylation is 1. The lowest BCUT2D eigenvalue weighted by Crippen LogP contribution is -2.48. The molecule has 0 radical (unpaired) electrons. The monoisotopic (exact) mass is 367 g/mol. The first-order chi connectivity index (χ1) is 11.5. The van der Waals surface area contributed by atoms with Gasteiger partial charge in [-0.1, -0.05) is 11.6 Å². The number of rotatable bonds is 3. The van der Waals surface area contributed by atoms with Gasteiger partial charge in [-0.2, -0.15) is 4.37 Å². The summed E-state index contributed by atoms with van der Waals surface area (Å²) in [4.78, 5) is 21.1. The molecule has 2 aromatic rings. The van der Waals surface area contributed by atoms with Crippen LogP contribution in [-0.4, -0.2) is 53.5 Å². The number of anilines is 2. The summed E-state index contributed by atoms with van der Waals surface area (Å²) in [6.45, 7) is 4.50. The van der Waals surface area contributed by atoms with Crippen molar-refractivity contribution in [3.05, 3.63) is 28.5 Å². The van der Waals surface area contributed by atoms with Crippen LogP contribution in [0.1, 0.15) is 16.2 Å². The number of halogens is 1. The smallest absolute Gasteiger partial charge is 0.257 e. The van der Waals surface area contributed by atoms with Crippen molar-refractivity contribution in [3.8, 4) is 5.75 Å². The number of methoxy groups -OCH3 is 1. The van der Waals surface area contributed by atoms with Crippen LogP contribution in [-0.2, 0) is 0 Å². The third-order valence-electron chi connectivity index (χ3n) is 3.90. The Morgan fingerprint density at radius 2 is 2.04 bits per heavy atom. The van der Waals surface area contributed by atoms with Crippen molar-refractivity contribution in [2.45, 2.75) is 6.92 Å². The SMILES string of the molecule is COc1cc(N)c(Cl)cc1C(=O)N1CCN(c2nc(C)ns2)CC1. The highest BCUT2D eigenvalue weighted by Crippen LogP contribution is 2.30. The van der Waals surface area contributed by atoms with Gasteiger partial charge in [-0.25, -0.2) is 4.98 Å². The number of nitrogens with two attached hydrogens (primary N) is 1.